The zero-order chi connectivity index (χ0) is 10.5. The van der Waals surface area contributed by atoms with E-state index in [2.05, 4.69) is 27.7 Å². The standard InChI is InChI=1S/C12H15ClO/c1-7-5-10(13)11-9(8(7)2)6-12(3,4)14-11/h5H,6H2,1-4H3. The molecule has 0 aromatic heterocycles. The summed E-state index contributed by atoms with van der Waals surface area (Å²) in [6, 6.07) is 1.98. The Morgan fingerprint density at radius 2 is 2.00 bits per heavy atom. The van der Waals surface area contributed by atoms with E-state index in [1.807, 2.05) is 6.07 Å². The van der Waals surface area contributed by atoms with Gasteiger partial charge in [0.2, 0.25) is 0 Å². The van der Waals surface area contributed by atoms with E-state index in [1.165, 1.54) is 16.7 Å². The normalized spacial score (nSPS) is 17.8. The minimum absolute atomic E-state index is 0.107. The van der Waals surface area contributed by atoms with Crippen LogP contribution in [-0.4, -0.2) is 5.60 Å². The molecule has 0 radical (unpaired) electrons. The first-order valence-electron chi connectivity index (χ1n) is 4.88. The van der Waals surface area contributed by atoms with Gasteiger partial charge in [-0.05, 0) is 44.9 Å². The van der Waals surface area contributed by atoms with E-state index in [-0.39, 0.29) is 5.60 Å². The molecule has 76 valence electrons. The Bertz CT molecular complexity index is 394. The summed E-state index contributed by atoms with van der Waals surface area (Å²) >= 11 is 6.15. The molecule has 0 saturated heterocycles. The molecule has 2 heteroatoms. The lowest BCUT2D eigenvalue weighted by Gasteiger charge is -2.17. The Morgan fingerprint density at radius 1 is 1.36 bits per heavy atom. The van der Waals surface area contributed by atoms with Gasteiger partial charge in [0.05, 0.1) is 5.02 Å². The Balaban J connectivity index is 2.61. The van der Waals surface area contributed by atoms with Crippen LogP contribution in [0.5, 0.6) is 5.75 Å². The summed E-state index contributed by atoms with van der Waals surface area (Å²) in [5.41, 5.74) is 3.73. The third-order valence-electron chi connectivity index (χ3n) is 2.86. The zero-order valence-corrected chi connectivity index (χ0v) is 9.83. The van der Waals surface area contributed by atoms with Crippen LogP contribution in [0.25, 0.3) is 0 Å². The second-order valence-electron chi connectivity index (χ2n) is 4.65. The summed E-state index contributed by atoms with van der Waals surface area (Å²) < 4.78 is 5.83. The van der Waals surface area contributed by atoms with Gasteiger partial charge in [0.15, 0.2) is 0 Å². The largest absolute Gasteiger partial charge is 0.486 e. The van der Waals surface area contributed by atoms with Gasteiger partial charge in [-0.2, -0.15) is 0 Å². The summed E-state index contributed by atoms with van der Waals surface area (Å²) in [6.45, 7) is 8.41. The number of benzene rings is 1. The van der Waals surface area contributed by atoms with Crippen molar-refractivity contribution in [3.63, 3.8) is 0 Å². The monoisotopic (exact) mass is 210 g/mol. The smallest absolute Gasteiger partial charge is 0.142 e. The van der Waals surface area contributed by atoms with E-state index in [0.717, 1.165) is 17.2 Å². The molecule has 1 nitrogen and oxygen atoms in total. The van der Waals surface area contributed by atoms with Crippen LogP contribution in [0.3, 0.4) is 0 Å². The van der Waals surface area contributed by atoms with Crippen LogP contribution in [0, 0.1) is 13.8 Å². The first-order valence-corrected chi connectivity index (χ1v) is 5.26. The van der Waals surface area contributed by atoms with Crippen LogP contribution in [0.15, 0.2) is 6.07 Å². The molecule has 0 N–H and O–H groups in total. The molecule has 1 aliphatic heterocycles. The highest BCUT2D eigenvalue weighted by molar-refractivity contribution is 6.32. The first kappa shape index (κ1) is 9.85. The predicted molar refractivity (Wildman–Crippen MR) is 59.3 cm³/mol. The fourth-order valence-corrected chi connectivity index (χ4v) is 2.29. The molecular formula is C12H15ClO. The number of hydrogen-bond donors (Lipinski definition) is 0. The molecule has 0 fully saturated rings. The molecular weight excluding hydrogens is 196 g/mol. The fraction of sp³-hybridized carbons (Fsp3) is 0.500. The lowest BCUT2D eigenvalue weighted by Crippen LogP contribution is -2.24. The Hall–Kier alpha value is -0.690. The summed E-state index contributed by atoms with van der Waals surface area (Å²) in [6.07, 6.45) is 0.954. The maximum atomic E-state index is 6.15. The van der Waals surface area contributed by atoms with Gasteiger partial charge in [-0.25, -0.2) is 0 Å². The fourth-order valence-electron chi connectivity index (χ4n) is 1.98. The number of rotatable bonds is 0. The van der Waals surface area contributed by atoms with E-state index in [0.29, 0.717) is 0 Å². The van der Waals surface area contributed by atoms with Gasteiger partial charge < -0.3 is 4.74 Å². The Kier molecular flexibility index (Phi) is 2.04. The summed E-state index contributed by atoms with van der Waals surface area (Å²) in [5.74, 6) is 0.889. The lowest BCUT2D eigenvalue weighted by molar-refractivity contribution is 0.138. The second-order valence-corrected chi connectivity index (χ2v) is 5.05. The molecule has 0 spiro atoms. The highest BCUT2D eigenvalue weighted by Gasteiger charge is 2.33. The topological polar surface area (TPSA) is 9.23 Å². The maximum Gasteiger partial charge on any atom is 0.142 e. The van der Waals surface area contributed by atoms with Crippen LogP contribution in [0.2, 0.25) is 5.02 Å². The van der Waals surface area contributed by atoms with E-state index in [4.69, 9.17) is 16.3 Å². The average molecular weight is 211 g/mol. The van der Waals surface area contributed by atoms with Gasteiger partial charge in [-0.15, -0.1) is 0 Å². The van der Waals surface area contributed by atoms with Gasteiger partial charge >= 0.3 is 0 Å². The zero-order valence-electron chi connectivity index (χ0n) is 9.07. The third kappa shape index (κ3) is 1.40. The van der Waals surface area contributed by atoms with Crippen LogP contribution >= 0.6 is 11.6 Å². The quantitative estimate of drug-likeness (QED) is 0.635. The highest BCUT2D eigenvalue weighted by Crippen LogP contribution is 2.42. The van der Waals surface area contributed by atoms with Crippen molar-refractivity contribution in [1.29, 1.82) is 0 Å². The minimum atomic E-state index is -0.107. The minimum Gasteiger partial charge on any atom is -0.486 e. The van der Waals surface area contributed by atoms with Crippen molar-refractivity contribution in [1.82, 2.24) is 0 Å². The molecule has 0 unspecified atom stereocenters. The molecule has 1 aromatic rings. The van der Waals surface area contributed by atoms with E-state index in [1.54, 1.807) is 0 Å². The highest BCUT2D eigenvalue weighted by atomic mass is 35.5. The molecule has 0 aliphatic carbocycles. The molecule has 0 saturated carbocycles. The molecule has 0 bridgehead atoms. The van der Waals surface area contributed by atoms with Crippen LogP contribution in [0.1, 0.15) is 30.5 Å². The molecule has 1 heterocycles. The number of fused-ring (bicyclic) bond motifs is 1. The van der Waals surface area contributed by atoms with Crippen molar-refractivity contribution in [2.45, 2.75) is 39.7 Å². The van der Waals surface area contributed by atoms with E-state index < -0.39 is 0 Å². The molecule has 1 aromatic carbocycles. The Labute approximate surface area is 90.0 Å². The molecule has 14 heavy (non-hydrogen) atoms. The number of aryl methyl sites for hydroxylation is 1. The van der Waals surface area contributed by atoms with Crippen LogP contribution < -0.4 is 4.74 Å². The molecule has 1 aliphatic rings. The number of halogens is 1. The van der Waals surface area contributed by atoms with Crippen molar-refractivity contribution >= 4 is 11.6 Å². The van der Waals surface area contributed by atoms with Crippen LogP contribution in [0.4, 0.5) is 0 Å². The lowest BCUT2D eigenvalue weighted by atomic mass is 9.95. The summed E-state index contributed by atoms with van der Waals surface area (Å²) in [5, 5.41) is 0.744. The summed E-state index contributed by atoms with van der Waals surface area (Å²) in [7, 11) is 0. The maximum absolute atomic E-state index is 6.15. The van der Waals surface area contributed by atoms with Gasteiger partial charge in [-0.3, -0.25) is 0 Å². The Morgan fingerprint density at radius 3 is 2.64 bits per heavy atom. The van der Waals surface area contributed by atoms with Crippen molar-refractivity contribution in [2.75, 3.05) is 0 Å². The van der Waals surface area contributed by atoms with Gasteiger partial charge in [0.1, 0.15) is 11.4 Å². The SMILES string of the molecule is Cc1cc(Cl)c2c(c1C)CC(C)(C)O2. The van der Waals surface area contributed by atoms with E-state index >= 15 is 0 Å². The van der Waals surface area contributed by atoms with Crippen LogP contribution in [-0.2, 0) is 6.42 Å². The van der Waals surface area contributed by atoms with Gasteiger partial charge in [-0.1, -0.05) is 11.6 Å². The van der Waals surface area contributed by atoms with Crippen molar-refractivity contribution < 1.29 is 4.74 Å². The second kappa shape index (κ2) is 2.90. The molecule has 2 rings (SSSR count). The van der Waals surface area contributed by atoms with E-state index in [9.17, 15) is 0 Å². The number of hydrogen-bond acceptors (Lipinski definition) is 1. The summed E-state index contributed by atoms with van der Waals surface area (Å²) in [4.78, 5) is 0. The van der Waals surface area contributed by atoms with Gasteiger partial charge in [0.25, 0.3) is 0 Å². The van der Waals surface area contributed by atoms with Crippen molar-refractivity contribution in [3.8, 4) is 5.75 Å². The van der Waals surface area contributed by atoms with Gasteiger partial charge in [0, 0.05) is 12.0 Å². The van der Waals surface area contributed by atoms with Crippen molar-refractivity contribution in [3.05, 3.63) is 27.8 Å². The first-order chi connectivity index (χ1) is 6.41. The van der Waals surface area contributed by atoms with Crippen molar-refractivity contribution in [2.24, 2.45) is 0 Å². The average Bonchev–Trinajstić information content (AvgIpc) is 2.38. The molecule has 0 amide bonds. The predicted octanol–water partition coefficient (Wildman–Crippen LogP) is 3.67. The third-order valence-corrected chi connectivity index (χ3v) is 3.14. The molecule has 0 atom stereocenters. The number of ether oxygens (including phenoxy) is 1.